The number of hydrogen-bond acceptors (Lipinski definition) is 4. The smallest absolute Gasteiger partial charge is 0.291 e. The number of halogens is 1. The molecule has 2 aromatic carbocycles. The molecular formula is C19H18ClNO4. The van der Waals surface area contributed by atoms with Gasteiger partial charge in [-0.25, -0.2) is 0 Å². The third-order valence-corrected chi connectivity index (χ3v) is 4.06. The number of para-hydroxylation sites is 1. The first-order valence-electron chi connectivity index (χ1n) is 7.87. The van der Waals surface area contributed by atoms with Gasteiger partial charge in [0.1, 0.15) is 11.3 Å². The van der Waals surface area contributed by atoms with Crippen molar-refractivity contribution in [3.63, 3.8) is 0 Å². The highest BCUT2D eigenvalue weighted by atomic mass is 35.5. The first kappa shape index (κ1) is 17.3. The van der Waals surface area contributed by atoms with Gasteiger partial charge in [-0.05, 0) is 31.2 Å². The maximum absolute atomic E-state index is 12.7. The second kappa shape index (κ2) is 7.59. The van der Waals surface area contributed by atoms with Crippen molar-refractivity contribution in [2.45, 2.75) is 13.5 Å². The first-order valence-corrected chi connectivity index (χ1v) is 8.25. The molecule has 0 spiro atoms. The molecule has 0 saturated heterocycles. The molecule has 5 nitrogen and oxygen atoms in total. The van der Waals surface area contributed by atoms with E-state index in [1.807, 2.05) is 31.2 Å². The molecule has 3 rings (SSSR count). The maximum atomic E-state index is 12.7. The van der Waals surface area contributed by atoms with E-state index in [0.29, 0.717) is 35.3 Å². The predicted molar refractivity (Wildman–Crippen MR) is 97.5 cm³/mol. The third kappa shape index (κ3) is 3.62. The van der Waals surface area contributed by atoms with Crippen LogP contribution in [0.2, 0.25) is 5.02 Å². The quantitative estimate of drug-likeness (QED) is 0.681. The van der Waals surface area contributed by atoms with Crippen molar-refractivity contribution in [2.75, 3.05) is 19.0 Å². The van der Waals surface area contributed by atoms with Crippen molar-refractivity contribution in [1.82, 2.24) is 0 Å². The summed E-state index contributed by atoms with van der Waals surface area (Å²) < 4.78 is 16.4. The number of nitrogens with one attached hydrogen (secondary N) is 1. The van der Waals surface area contributed by atoms with Gasteiger partial charge in [-0.15, -0.1) is 0 Å². The second-order valence-corrected chi connectivity index (χ2v) is 5.75. The van der Waals surface area contributed by atoms with Gasteiger partial charge in [0.25, 0.3) is 5.91 Å². The minimum absolute atomic E-state index is 0.238. The Morgan fingerprint density at radius 2 is 2.04 bits per heavy atom. The molecule has 0 unspecified atom stereocenters. The van der Waals surface area contributed by atoms with E-state index < -0.39 is 0 Å². The molecule has 0 bridgehead atoms. The van der Waals surface area contributed by atoms with Gasteiger partial charge in [0.2, 0.25) is 0 Å². The Morgan fingerprint density at radius 3 is 2.76 bits per heavy atom. The van der Waals surface area contributed by atoms with Crippen molar-refractivity contribution in [2.24, 2.45) is 0 Å². The maximum Gasteiger partial charge on any atom is 0.291 e. The topological polar surface area (TPSA) is 60.7 Å². The number of amides is 1. The van der Waals surface area contributed by atoms with Crippen LogP contribution in [-0.4, -0.2) is 19.6 Å². The zero-order chi connectivity index (χ0) is 17.8. The van der Waals surface area contributed by atoms with Crippen LogP contribution in [0.3, 0.4) is 0 Å². The van der Waals surface area contributed by atoms with Crippen LogP contribution in [0.25, 0.3) is 11.0 Å². The number of hydrogen-bond donors (Lipinski definition) is 1. The monoisotopic (exact) mass is 359 g/mol. The van der Waals surface area contributed by atoms with E-state index in [0.717, 1.165) is 10.9 Å². The zero-order valence-electron chi connectivity index (χ0n) is 14.0. The zero-order valence-corrected chi connectivity index (χ0v) is 14.7. The van der Waals surface area contributed by atoms with Crippen LogP contribution in [0.5, 0.6) is 5.75 Å². The molecule has 1 amide bonds. The Bertz CT molecular complexity index is 904. The van der Waals surface area contributed by atoms with Gasteiger partial charge in [-0.2, -0.15) is 0 Å². The van der Waals surface area contributed by atoms with E-state index >= 15 is 0 Å². The summed E-state index contributed by atoms with van der Waals surface area (Å²) in [4.78, 5) is 12.7. The lowest BCUT2D eigenvalue weighted by atomic mass is 10.1. The van der Waals surface area contributed by atoms with E-state index in [9.17, 15) is 4.79 Å². The average molecular weight is 360 g/mol. The second-order valence-electron chi connectivity index (χ2n) is 5.35. The van der Waals surface area contributed by atoms with Gasteiger partial charge in [0.05, 0.1) is 18.7 Å². The molecule has 0 aliphatic heterocycles. The number of ether oxygens (including phenoxy) is 2. The van der Waals surface area contributed by atoms with Gasteiger partial charge in [0, 0.05) is 23.2 Å². The number of benzene rings is 2. The van der Waals surface area contributed by atoms with Crippen LogP contribution in [0.15, 0.2) is 46.9 Å². The normalized spacial score (nSPS) is 10.8. The Kier molecular flexibility index (Phi) is 5.26. The number of anilines is 1. The van der Waals surface area contributed by atoms with Crippen molar-refractivity contribution in [3.05, 3.63) is 58.8 Å². The molecule has 0 aliphatic carbocycles. The average Bonchev–Trinajstić information content (AvgIpc) is 2.99. The summed E-state index contributed by atoms with van der Waals surface area (Å²) in [6.07, 6.45) is 0. The number of carbonyl (C=O) groups excluding carboxylic acids is 1. The molecule has 0 aliphatic rings. The summed E-state index contributed by atoms with van der Waals surface area (Å²) in [7, 11) is 1.54. The minimum Gasteiger partial charge on any atom is -0.495 e. The molecule has 0 saturated carbocycles. The SMILES string of the molecule is CCOCc1c(C(=O)Nc2ccc(OC)c(Cl)c2)oc2ccccc12. The Morgan fingerprint density at radius 1 is 1.24 bits per heavy atom. The van der Waals surface area contributed by atoms with Crippen LogP contribution < -0.4 is 10.1 Å². The van der Waals surface area contributed by atoms with E-state index in [-0.39, 0.29) is 11.7 Å². The van der Waals surface area contributed by atoms with Crippen LogP contribution >= 0.6 is 11.6 Å². The fourth-order valence-corrected chi connectivity index (χ4v) is 2.82. The van der Waals surface area contributed by atoms with E-state index in [4.69, 9.17) is 25.5 Å². The van der Waals surface area contributed by atoms with Crippen LogP contribution in [-0.2, 0) is 11.3 Å². The van der Waals surface area contributed by atoms with E-state index in [2.05, 4.69) is 5.32 Å². The number of rotatable bonds is 6. The molecule has 0 fully saturated rings. The summed E-state index contributed by atoms with van der Waals surface area (Å²) in [6, 6.07) is 12.5. The molecule has 130 valence electrons. The Hall–Kier alpha value is -2.50. The van der Waals surface area contributed by atoms with Gasteiger partial charge in [0.15, 0.2) is 5.76 Å². The fraction of sp³-hybridized carbons (Fsp3) is 0.211. The van der Waals surface area contributed by atoms with Crippen molar-refractivity contribution >= 4 is 34.2 Å². The van der Waals surface area contributed by atoms with Gasteiger partial charge in [-0.1, -0.05) is 29.8 Å². The van der Waals surface area contributed by atoms with Crippen LogP contribution in [0, 0.1) is 0 Å². The molecule has 1 aromatic heterocycles. The molecule has 6 heteroatoms. The lowest BCUT2D eigenvalue weighted by Crippen LogP contribution is -2.13. The molecule has 3 aromatic rings. The van der Waals surface area contributed by atoms with Crippen LogP contribution in [0.1, 0.15) is 23.0 Å². The summed E-state index contributed by atoms with van der Waals surface area (Å²) >= 11 is 6.10. The Labute approximate surface area is 150 Å². The fourth-order valence-electron chi connectivity index (χ4n) is 2.56. The molecular weight excluding hydrogens is 342 g/mol. The van der Waals surface area contributed by atoms with E-state index in [1.54, 1.807) is 18.2 Å². The number of fused-ring (bicyclic) bond motifs is 1. The number of methoxy groups -OCH3 is 1. The van der Waals surface area contributed by atoms with Crippen molar-refractivity contribution in [3.8, 4) is 5.75 Å². The van der Waals surface area contributed by atoms with Gasteiger partial charge in [-0.3, -0.25) is 4.79 Å². The number of furan rings is 1. The molecule has 0 radical (unpaired) electrons. The summed E-state index contributed by atoms with van der Waals surface area (Å²) in [6.45, 7) is 2.76. The highest BCUT2D eigenvalue weighted by molar-refractivity contribution is 6.32. The predicted octanol–water partition coefficient (Wildman–Crippen LogP) is 4.88. The molecule has 1 N–H and O–H groups in total. The van der Waals surface area contributed by atoms with Gasteiger partial charge < -0.3 is 19.2 Å². The highest BCUT2D eigenvalue weighted by Gasteiger charge is 2.21. The standard InChI is InChI=1S/C19H18ClNO4/c1-3-24-11-14-13-6-4-5-7-16(13)25-18(14)19(22)21-12-8-9-17(23-2)15(20)10-12/h4-10H,3,11H2,1-2H3,(H,21,22). The molecule has 1 heterocycles. The Balaban J connectivity index is 1.92. The molecule has 0 atom stereocenters. The largest absolute Gasteiger partial charge is 0.495 e. The minimum atomic E-state index is -0.355. The highest BCUT2D eigenvalue weighted by Crippen LogP contribution is 2.30. The van der Waals surface area contributed by atoms with Crippen molar-refractivity contribution < 1.29 is 18.7 Å². The summed E-state index contributed by atoms with van der Waals surface area (Å²) in [5, 5.41) is 4.09. The lowest BCUT2D eigenvalue weighted by Gasteiger charge is -2.08. The van der Waals surface area contributed by atoms with Crippen molar-refractivity contribution in [1.29, 1.82) is 0 Å². The lowest BCUT2D eigenvalue weighted by molar-refractivity contribution is 0.0984. The van der Waals surface area contributed by atoms with Gasteiger partial charge >= 0.3 is 0 Å². The third-order valence-electron chi connectivity index (χ3n) is 3.76. The van der Waals surface area contributed by atoms with E-state index in [1.165, 1.54) is 7.11 Å². The molecule has 25 heavy (non-hydrogen) atoms. The van der Waals surface area contributed by atoms with Crippen LogP contribution in [0.4, 0.5) is 5.69 Å². The number of carbonyl (C=O) groups is 1. The summed E-state index contributed by atoms with van der Waals surface area (Å²) in [5.74, 6) is 0.425. The summed E-state index contributed by atoms with van der Waals surface area (Å²) in [5.41, 5.74) is 1.93. The first-order chi connectivity index (χ1) is 12.1.